The highest BCUT2D eigenvalue weighted by molar-refractivity contribution is 7.20. The average molecular weight is 423 g/mol. The number of nitriles is 1. The predicted molar refractivity (Wildman–Crippen MR) is 113 cm³/mol. The van der Waals surface area contributed by atoms with Gasteiger partial charge in [-0.15, -0.1) is 11.3 Å². The molecule has 0 unspecified atom stereocenters. The van der Waals surface area contributed by atoms with Crippen LogP contribution in [0.5, 0.6) is 0 Å². The summed E-state index contributed by atoms with van der Waals surface area (Å²) in [6.07, 6.45) is 2.15. The van der Waals surface area contributed by atoms with Crippen LogP contribution in [0, 0.1) is 32.1 Å². The summed E-state index contributed by atoms with van der Waals surface area (Å²) in [5.41, 5.74) is 2.22. The van der Waals surface area contributed by atoms with Gasteiger partial charge in [-0.25, -0.2) is 15.0 Å². The lowest BCUT2D eigenvalue weighted by Gasteiger charge is -2.34. The SMILES string of the molecule is Cc1nc(C)c2c(C)c(C(=O)N3CCN(c4oc(C5CC5)nc4C#N)CC3)sc2n1. The molecule has 1 saturated carbocycles. The number of oxazole rings is 1. The van der Waals surface area contributed by atoms with Gasteiger partial charge in [0.1, 0.15) is 16.7 Å². The van der Waals surface area contributed by atoms with Crippen molar-refractivity contribution in [3.05, 3.63) is 33.5 Å². The Morgan fingerprint density at radius 3 is 2.53 bits per heavy atom. The fourth-order valence-corrected chi connectivity index (χ4v) is 5.30. The van der Waals surface area contributed by atoms with Crippen molar-refractivity contribution in [2.24, 2.45) is 0 Å². The zero-order chi connectivity index (χ0) is 21.0. The Morgan fingerprint density at radius 2 is 1.87 bits per heavy atom. The second-order valence-corrected chi connectivity index (χ2v) is 8.96. The molecular weight excluding hydrogens is 400 g/mol. The van der Waals surface area contributed by atoms with Crippen molar-refractivity contribution in [3.63, 3.8) is 0 Å². The highest BCUT2D eigenvalue weighted by Gasteiger charge is 2.33. The van der Waals surface area contributed by atoms with Crippen LogP contribution in [0.15, 0.2) is 4.42 Å². The normalized spacial score (nSPS) is 16.9. The first kappa shape index (κ1) is 19.0. The van der Waals surface area contributed by atoms with Crippen LogP contribution < -0.4 is 4.90 Å². The minimum absolute atomic E-state index is 0.0314. The first-order valence-corrected chi connectivity index (χ1v) is 11.0. The standard InChI is InChI=1S/C21H22N6O2S/c1-11-16-12(2)23-13(3)24-19(16)30-17(11)20(28)26-6-8-27(9-7-26)21-15(10-22)25-18(29-21)14-4-5-14/h14H,4-9H2,1-3H3. The van der Waals surface area contributed by atoms with Gasteiger partial charge in [0, 0.05) is 43.2 Å². The van der Waals surface area contributed by atoms with Gasteiger partial charge in [-0.3, -0.25) is 4.79 Å². The van der Waals surface area contributed by atoms with E-state index in [0.717, 1.165) is 45.0 Å². The molecule has 3 aromatic heterocycles. The van der Waals surface area contributed by atoms with E-state index in [1.54, 1.807) is 0 Å². The largest absolute Gasteiger partial charge is 0.423 e. The summed E-state index contributed by atoms with van der Waals surface area (Å²) in [6.45, 7) is 8.17. The van der Waals surface area contributed by atoms with E-state index in [1.165, 1.54) is 11.3 Å². The molecule has 1 aliphatic carbocycles. The monoisotopic (exact) mass is 422 g/mol. The number of anilines is 1. The summed E-state index contributed by atoms with van der Waals surface area (Å²) < 4.78 is 5.91. The number of carbonyl (C=O) groups excluding carboxylic acids is 1. The number of hydrogen-bond donors (Lipinski definition) is 0. The molecule has 3 aromatic rings. The van der Waals surface area contributed by atoms with Crippen molar-refractivity contribution in [1.29, 1.82) is 5.26 Å². The molecule has 0 radical (unpaired) electrons. The zero-order valence-corrected chi connectivity index (χ0v) is 18.0. The number of fused-ring (bicyclic) bond motifs is 1. The number of amides is 1. The van der Waals surface area contributed by atoms with Crippen molar-refractivity contribution in [2.45, 2.75) is 39.5 Å². The number of piperazine rings is 1. The van der Waals surface area contributed by atoms with Crippen molar-refractivity contribution in [3.8, 4) is 6.07 Å². The van der Waals surface area contributed by atoms with Gasteiger partial charge in [0.2, 0.25) is 17.5 Å². The minimum atomic E-state index is 0.0314. The van der Waals surface area contributed by atoms with E-state index in [2.05, 4.69) is 21.0 Å². The van der Waals surface area contributed by atoms with E-state index >= 15 is 0 Å². The quantitative estimate of drug-likeness (QED) is 0.638. The van der Waals surface area contributed by atoms with Crippen LogP contribution in [-0.2, 0) is 0 Å². The Bertz CT molecular complexity index is 1190. The van der Waals surface area contributed by atoms with Crippen molar-refractivity contribution < 1.29 is 9.21 Å². The van der Waals surface area contributed by atoms with E-state index in [1.807, 2.05) is 30.6 Å². The van der Waals surface area contributed by atoms with Gasteiger partial charge in [-0.2, -0.15) is 5.26 Å². The number of rotatable bonds is 3. The van der Waals surface area contributed by atoms with Crippen molar-refractivity contribution in [1.82, 2.24) is 19.9 Å². The maximum atomic E-state index is 13.2. The van der Waals surface area contributed by atoms with Crippen LogP contribution in [0.2, 0.25) is 0 Å². The molecule has 0 atom stereocenters. The first-order valence-electron chi connectivity index (χ1n) is 10.2. The molecule has 2 fully saturated rings. The molecule has 4 heterocycles. The highest BCUT2D eigenvalue weighted by Crippen LogP contribution is 2.41. The molecule has 8 nitrogen and oxygen atoms in total. The summed E-state index contributed by atoms with van der Waals surface area (Å²) in [4.78, 5) is 32.1. The maximum absolute atomic E-state index is 13.2. The van der Waals surface area contributed by atoms with Crippen LogP contribution in [0.4, 0.5) is 5.88 Å². The van der Waals surface area contributed by atoms with Gasteiger partial charge in [0.25, 0.3) is 5.91 Å². The smallest absolute Gasteiger partial charge is 0.264 e. The molecule has 0 aromatic carbocycles. The number of aryl methyl sites for hydroxylation is 3. The van der Waals surface area contributed by atoms with Gasteiger partial charge in [-0.05, 0) is 39.2 Å². The topological polar surface area (TPSA) is 99.2 Å². The molecular formula is C21H22N6O2S. The molecule has 154 valence electrons. The fraction of sp³-hybridized carbons (Fsp3) is 0.476. The number of aromatic nitrogens is 3. The van der Waals surface area contributed by atoms with Crippen LogP contribution in [0.25, 0.3) is 10.2 Å². The Hall–Kier alpha value is -2.99. The Labute approximate surface area is 178 Å². The third-order valence-electron chi connectivity index (χ3n) is 5.79. The van der Waals surface area contributed by atoms with Gasteiger partial charge in [-0.1, -0.05) is 0 Å². The summed E-state index contributed by atoms with van der Waals surface area (Å²) in [7, 11) is 0. The van der Waals surface area contributed by atoms with Gasteiger partial charge in [0.05, 0.1) is 4.88 Å². The molecule has 2 aliphatic rings. The molecule has 30 heavy (non-hydrogen) atoms. The predicted octanol–water partition coefficient (Wildman–Crippen LogP) is 3.32. The van der Waals surface area contributed by atoms with E-state index < -0.39 is 0 Å². The molecule has 0 spiro atoms. The lowest BCUT2D eigenvalue weighted by atomic mass is 10.1. The van der Waals surface area contributed by atoms with Crippen LogP contribution in [0.1, 0.15) is 57.1 Å². The van der Waals surface area contributed by atoms with Crippen molar-refractivity contribution >= 4 is 33.3 Å². The Morgan fingerprint density at radius 1 is 1.13 bits per heavy atom. The molecule has 9 heteroatoms. The molecule has 0 bridgehead atoms. The summed E-state index contributed by atoms with van der Waals surface area (Å²) in [5, 5.41) is 10.4. The number of carbonyl (C=O) groups is 1. The second kappa shape index (κ2) is 7.06. The number of thiophene rings is 1. The summed E-state index contributed by atoms with van der Waals surface area (Å²) in [6, 6.07) is 2.15. The second-order valence-electron chi connectivity index (χ2n) is 7.96. The molecule has 1 aliphatic heterocycles. The van der Waals surface area contributed by atoms with Gasteiger partial charge >= 0.3 is 0 Å². The van der Waals surface area contributed by atoms with E-state index in [0.29, 0.717) is 49.6 Å². The van der Waals surface area contributed by atoms with Crippen molar-refractivity contribution in [2.75, 3.05) is 31.1 Å². The number of hydrogen-bond acceptors (Lipinski definition) is 8. The average Bonchev–Trinajstić information content (AvgIpc) is 3.40. The molecule has 1 amide bonds. The van der Waals surface area contributed by atoms with Crippen LogP contribution >= 0.6 is 11.3 Å². The van der Waals surface area contributed by atoms with Gasteiger partial charge in [0.15, 0.2) is 0 Å². The minimum Gasteiger partial charge on any atom is -0.423 e. The lowest BCUT2D eigenvalue weighted by Crippen LogP contribution is -2.48. The van der Waals surface area contributed by atoms with Crippen LogP contribution in [-0.4, -0.2) is 51.9 Å². The van der Waals surface area contributed by atoms with Gasteiger partial charge < -0.3 is 14.2 Å². The van der Waals surface area contributed by atoms with E-state index in [-0.39, 0.29) is 5.91 Å². The van der Waals surface area contributed by atoms with Crippen LogP contribution in [0.3, 0.4) is 0 Å². The van der Waals surface area contributed by atoms with E-state index in [4.69, 9.17) is 4.42 Å². The Balaban J connectivity index is 1.34. The third-order valence-corrected chi connectivity index (χ3v) is 6.96. The third kappa shape index (κ3) is 3.12. The zero-order valence-electron chi connectivity index (χ0n) is 17.2. The maximum Gasteiger partial charge on any atom is 0.264 e. The first-order chi connectivity index (χ1) is 14.5. The summed E-state index contributed by atoms with van der Waals surface area (Å²) in [5.74, 6) is 2.34. The fourth-order valence-electron chi connectivity index (χ4n) is 4.05. The molecule has 1 saturated heterocycles. The highest BCUT2D eigenvalue weighted by atomic mass is 32.1. The molecule has 5 rings (SSSR count). The Kier molecular flexibility index (Phi) is 4.47. The summed E-state index contributed by atoms with van der Waals surface area (Å²) >= 11 is 1.44. The molecule has 0 N–H and O–H groups in total. The number of nitrogens with zero attached hydrogens (tertiary/aromatic N) is 6. The lowest BCUT2D eigenvalue weighted by molar-refractivity contribution is 0.0749. The van der Waals surface area contributed by atoms with E-state index in [9.17, 15) is 10.1 Å².